The summed E-state index contributed by atoms with van der Waals surface area (Å²) >= 11 is 0. The van der Waals surface area contributed by atoms with Crippen molar-refractivity contribution in [3.63, 3.8) is 0 Å². The fourth-order valence-electron chi connectivity index (χ4n) is 3.04. The van der Waals surface area contributed by atoms with Gasteiger partial charge in [0.25, 0.3) is 5.91 Å². The Morgan fingerprint density at radius 3 is 3.00 bits per heavy atom. The van der Waals surface area contributed by atoms with Crippen molar-refractivity contribution in [2.75, 3.05) is 5.32 Å². The summed E-state index contributed by atoms with van der Waals surface area (Å²) in [6.07, 6.45) is 3.72. The number of nitrogens with one attached hydrogen (secondary N) is 1. The number of anilines is 2. The lowest BCUT2D eigenvalue weighted by molar-refractivity contribution is 0.0861. The van der Waals surface area contributed by atoms with Gasteiger partial charge in [0, 0.05) is 24.1 Å². The van der Waals surface area contributed by atoms with E-state index in [4.69, 9.17) is 5.73 Å². The molecule has 0 aliphatic heterocycles. The second-order valence-electron chi connectivity index (χ2n) is 6.00. The van der Waals surface area contributed by atoms with Crippen molar-refractivity contribution in [2.24, 2.45) is 11.7 Å². The molecule has 1 amide bonds. The van der Waals surface area contributed by atoms with E-state index in [-0.39, 0.29) is 17.4 Å². The number of rotatable bonds is 4. The number of amides is 1. The van der Waals surface area contributed by atoms with Crippen molar-refractivity contribution in [2.45, 2.75) is 31.4 Å². The summed E-state index contributed by atoms with van der Waals surface area (Å²) in [6.45, 7) is 0. The van der Waals surface area contributed by atoms with Crippen molar-refractivity contribution in [3.8, 4) is 6.07 Å². The molecule has 8 nitrogen and oxygen atoms in total. The number of halogens is 1. The zero-order valence-corrected chi connectivity index (χ0v) is 13.3. The van der Waals surface area contributed by atoms with Crippen LogP contribution < -0.4 is 11.1 Å². The van der Waals surface area contributed by atoms with Gasteiger partial charge >= 0.3 is 0 Å². The number of nitrogens with zero attached hydrogens (tertiary/aromatic N) is 4. The maximum absolute atomic E-state index is 13.2. The molecule has 130 valence electrons. The van der Waals surface area contributed by atoms with Crippen LogP contribution in [0.25, 0.3) is 0 Å². The molecule has 1 fully saturated rings. The normalized spacial score (nSPS) is 23.0. The van der Waals surface area contributed by atoms with Crippen LogP contribution in [-0.4, -0.2) is 31.9 Å². The molecule has 0 bridgehead atoms. The molecule has 4 N–H and O–H groups in total. The van der Waals surface area contributed by atoms with Crippen LogP contribution in [0, 0.1) is 23.2 Å². The number of aliphatic hydroxyl groups is 1. The van der Waals surface area contributed by atoms with E-state index in [2.05, 4.69) is 21.5 Å². The number of aromatic nitrogens is 3. The van der Waals surface area contributed by atoms with Crippen molar-refractivity contribution in [1.29, 1.82) is 5.26 Å². The lowest BCUT2D eigenvalue weighted by atomic mass is 9.84. The smallest absolute Gasteiger partial charge is 0.254 e. The predicted octanol–water partition coefficient (Wildman–Crippen LogP) is 1.49. The first-order valence-corrected chi connectivity index (χ1v) is 7.83. The van der Waals surface area contributed by atoms with E-state index in [1.165, 1.54) is 29.2 Å². The summed E-state index contributed by atoms with van der Waals surface area (Å²) in [5, 5.41) is 26.3. The summed E-state index contributed by atoms with van der Waals surface area (Å²) < 4.78 is 14.8. The van der Waals surface area contributed by atoms with Gasteiger partial charge in [0.05, 0.1) is 24.1 Å². The summed E-state index contributed by atoms with van der Waals surface area (Å²) in [5.41, 5.74) is 5.92. The number of nitrogens with two attached hydrogens (primary N) is 1. The van der Waals surface area contributed by atoms with E-state index in [9.17, 15) is 19.6 Å². The third-order valence-electron chi connectivity index (χ3n) is 4.28. The Balaban J connectivity index is 1.92. The SMILES string of the molecule is N#CC1CC(O)CCC1n1cc(C(N)=O)c(Nc2ccnc(F)c2)n1. The maximum Gasteiger partial charge on any atom is 0.254 e. The van der Waals surface area contributed by atoms with E-state index >= 15 is 0 Å². The summed E-state index contributed by atoms with van der Waals surface area (Å²) in [5.74, 6) is -1.60. The molecule has 2 aromatic rings. The van der Waals surface area contributed by atoms with Crippen molar-refractivity contribution in [1.82, 2.24) is 14.8 Å². The predicted molar refractivity (Wildman–Crippen MR) is 86.2 cm³/mol. The minimum Gasteiger partial charge on any atom is -0.393 e. The molecule has 0 saturated heterocycles. The van der Waals surface area contributed by atoms with E-state index in [1.807, 2.05) is 0 Å². The van der Waals surface area contributed by atoms with Crippen molar-refractivity contribution >= 4 is 17.4 Å². The molecular formula is C16H17FN6O2. The fraction of sp³-hybridized carbons (Fsp3) is 0.375. The molecule has 25 heavy (non-hydrogen) atoms. The van der Waals surface area contributed by atoms with Gasteiger partial charge in [-0.25, -0.2) is 4.98 Å². The maximum atomic E-state index is 13.2. The second-order valence-corrected chi connectivity index (χ2v) is 6.00. The van der Waals surface area contributed by atoms with Crippen LogP contribution in [0.1, 0.15) is 35.7 Å². The highest BCUT2D eigenvalue weighted by Crippen LogP contribution is 2.34. The van der Waals surface area contributed by atoms with Gasteiger partial charge in [-0.1, -0.05) is 0 Å². The number of hydrogen-bond donors (Lipinski definition) is 3. The molecule has 1 aliphatic rings. The average Bonchev–Trinajstić information content (AvgIpc) is 2.98. The Morgan fingerprint density at radius 1 is 1.52 bits per heavy atom. The Hall–Kier alpha value is -2.99. The number of nitriles is 1. The Morgan fingerprint density at radius 2 is 2.32 bits per heavy atom. The van der Waals surface area contributed by atoms with E-state index in [1.54, 1.807) is 0 Å². The Bertz CT molecular complexity index is 830. The van der Waals surface area contributed by atoms with Crippen LogP contribution in [-0.2, 0) is 0 Å². The van der Waals surface area contributed by atoms with Gasteiger partial charge in [-0.2, -0.15) is 14.8 Å². The van der Waals surface area contributed by atoms with E-state index in [0.717, 1.165) is 0 Å². The molecule has 0 radical (unpaired) electrons. The van der Waals surface area contributed by atoms with Crippen LogP contribution in [0.2, 0.25) is 0 Å². The first kappa shape index (κ1) is 16.9. The second kappa shape index (κ2) is 6.86. The molecule has 2 aromatic heterocycles. The fourth-order valence-corrected chi connectivity index (χ4v) is 3.04. The number of pyridine rings is 1. The van der Waals surface area contributed by atoms with Crippen molar-refractivity contribution < 1.29 is 14.3 Å². The third kappa shape index (κ3) is 3.59. The Kier molecular flexibility index (Phi) is 4.63. The molecule has 1 saturated carbocycles. The van der Waals surface area contributed by atoms with E-state index in [0.29, 0.717) is 24.9 Å². The number of carbonyl (C=O) groups excluding carboxylic acids is 1. The molecule has 0 aromatic carbocycles. The first-order valence-electron chi connectivity index (χ1n) is 7.83. The lowest BCUT2D eigenvalue weighted by Gasteiger charge is -2.30. The van der Waals surface area contributed by atoms with Gasteiger partial charge in [0.15, 0.2) is 5.82 Å². The van der Waals surface area contributed by atoms with Crippen LogP contribution in [0.15, 0.2) is 24.5 Å². The molecule has 1 aliphatic carbocycles. The van der Waals surface area contributed by atoms with Gasteiger partial charge in [-0.05, 0) is 25.3 Å². The molecule has 0 spiro atoms. The standard InChI is InChI=1S/C16H17FN6O2/c17-14-6-10(3-4-20-14)21-16-12(15(19)25)8-23(22-16)13-2-1-11(24)5-9(13)7-18/h3-4,6,8-9,11,13,24H,1-2,5H2,(H2,19,25)(H,20,21,22). The van der Waals surface area contributed by atoms with Crippen LogP contribution in [0.3, 0.4) is 0 Å². The highest BCUT2D eigenvalue weighted by Gasteiger charge is 2.32. The summed E-state index contributed by atoms with van der Waals surface area (Å²) in [6, 6.07) is 4.61. The highest BCUT2D eigenvalue weighted by molar-refractivity contribution is 5.98. The monoisotopic (exact) mass is 344 g/mol. The van der Waals surface area contributed by atoms with Gasteiger partial charge in [0.1, 0.15) is 5.56 Å². The topological polar surface area (TPSA) is 130 Å². The van der Waals surface area contributed by atoms with Gasteiger partial charge in [-0.15, -0.1) is 0 Å². The molecule has 9 heteroatoms. The largest absolute Gasteiger partial charge is 0.393 e. The molecule has 3 atom stereocenters. The molecule has 3 rings (SSSR count). The Labute approximate surface area is 143 Å². The van der Waals surface area contributed by atoms with Gasteiger partial charge < -0.3 is 16.2 Å². The highest BCUT2D eigenvalue weighted by atomic mass is 19.1. The molecular weight excluding hydrogens is 327 g/mol. The first-order chi connectivity index (χ1) is 12.0. The number of carbonyl (C=O) groups is 1. The minimum atomic E-state index is -0.687. The van der Waals surface area contributed by atoms with Crippen LogP contribution in [0.4, 0.5) is 15.9 Å². The molecule has 3 unspecified atom stereocenters. The van der Waals surface area contributed by atoms with Crippen molar-refractivity contribution in [3.05, 3.63) is 36.0 Å². The van der Waals surface area contributed by atoms with Crippen LogP contribution >= 0.6 is 0 Å². The molecule has 2 heterocycles. The zero-order chi connectivity index (χ0) is 18.0. The minimum absolute atomic E-state index is 0.139. The van der Waals surface area contributed by atoms with Gasteiger partial charge in [-0.3, -0.25) is 9.48 Å². The summed E-state index contributed by atoms with van der Waals surface area (Å²) in [4.78, 5) is 15.2. The van der Waals surface area contributed by atoms with Gasteiger partial charge in [0.2, 0.25) is 5.95 Å². The zero-order valence-electron chi connectivity index (χ0n) is 13.3. The summed E-state index contributed by atoms with van der Waals surface area (Å²) in [7, 11) is 0. The number of hydrogen-bond acceptors (Lipinski definition) is 6. The lowest BCUT2D eigenvalue weighted by Crippen LogP contribution is -2.29. The quantitative estimate of drug-likeness (QED) is 0.720. The van der Waals surface area contributed by atoms with E-state index < -0.39 is 23.9 Å². The average molecular weight is 344 g/mol. The number of primary amides is 1. The van der Waals surface area contributed by atoms with Crippen LogP contribution in [0.5, 0.6) is 0 Å². The number of aliphatic hydroxyl groups excluding tert-OH is 1. The third-order valence-corrected chi connectivity index (χ3v) is 4.28.